The molecule has 0 saturated heterocycles. The minimum absolute atomic E-state index is 0.0151. The van der Waals surface area contributed by atoms with E-state index in [-0.39, 0.29) is 17.9 Å². The molecule has 1 aliphatic rings. The summed E-state index contributed by atoms with van der Waals surface area (Å²) in [5.74, 6) is 0.0870. The second kappa shape index (κ2) is 4.97. The van der Waals surface area contributed by atoms with Gasteiger partial charge in [-0.05, 0) is 12.8 Å². The van der Waals surface area contributed by atoms with Gasteiger partial charge in [-0.15, -0.1) is 0 Å². The second-order valence-corrected chi connectivity index (χ2v) is 3.87. The maximum atomic E-state index is 11.8. The highest BCUT2D eigenvalue weighted by Crippen LogP contribution is 2.25. The smallest absolute Gasteiger partial charge is 0.227 e. The molecule has 0 heterocycles. The van der Waals surface area contributed by atoms with Crippen LogP contribution in [0.5, 0.6) is 0 Å². The Labute approximate surface area is 84.7 Å². The Morgan fingerprint density at radius 3 is 2.86 bits per heavy atom. The summed E-state index contributed by atoms with van der Waals surface area (Å²) < 4.78 is 0. The van der Waals surface area contributed by atoms with E-state index in [0.29, 0.717) is 13.0 Å². The van der Waals surface area contributed by atoms with E-state index in [1.807, 2.05) is 6.07 Å². The summed E-state index contributed by atoms with van der Waals surface area (Å²) in [5, 5.41) is 8.40. The molecule has 1 saturated carbocycles. The summed E-state index contributed by atoms with van der Waals surface area (Å²) in [7, 11) is 1.74. The predicted octanol–water partition coefficient (Wildman–Crippen LogP) is 0.486. The highest BCUT2D eigenvalue weighted by Gasteiger charge is 2.31. The van der Waals surface area contributed by atoms with E-state index in [1.165, 1.54) is 0 Å². The van der Waals surface area contributed by atoms with Gasteiger partial charge in [0.05, 0.1) is 18.4 Å². The van der Waals surface area contributed by atoms with Crippen molar-refractivity contribution in [2.24, 2.45) is 11.7 Å². The molecule has 0 bridgehead atoms. The molecule has 1 fully saturated rings. The Morgan fingerprint density at radius 2 is 2.36 bits per heavy atom. The van der Waals surface area contributed by atoms with Crippen LogP contribution in [0, 0.1) is 17.2 Å². The van der Waals surface area contributed by atoms with Gasteiger partial charge in [0, 0.05) is 19.6 Å². The third kappa shape index (κ3) is 2.46. The Hall–Kier alpha value is -1.08. The third-order valence-corrected chi connectivity index (χ3v) is 2.82. The zero-order valence-electron chi connectivity index (χ0n) is 8.57. The van der Waals surface area contributed by atoms with Crippen LogP contribution in [0.25, 0.3) is 0 Å². The van der Waals surface area contributed by atoms with Crippen molar-refractivity contribution in [2.45, 2.75) is 31.7 Å². The molecule has 14 heavy (non-hydrogen) atoms. The van der Waals surface area contributed by atoms with Crippen LogP contribution in [-0.2, 0) is 4.79 Å². The topological polar surface area (TPSA) is 70.1 Å². The van der Waals surface area contributed by atoms with E-state index in [2.05, 4.69) is 0 Å². The number of hydrogen-bond donors (Lipinski definition) is 1. The van der Waals surface area contributed by atoms with Crippen LogP contribution < -0.4 is 5.73 Å². The van der Waals surface area contributed by atoms with Crippen molar-refractivity contribution in [3.63, 3.8) is 0 Å². The molecule has 2 N–H and O–H groups in total. The van der Waals surface area contributed by atoms with Gasteiger partial charge in [-0.25, -0.2) is 0 Å². The van der Waals surface area contributed by atoms with Crippen LogP contribution in [-0.4, -0.2) is 30.4 Å². The number of rotatable bonds is 3. The fourth-order valence-electron chi connectivity index (χ4n) is 1.91. The number of carbonyl (C=O) groups excluding carboxylic acids is 1. The molecular weight excluding hydrogens is 178 g/mol. The van der Waals surface area contributed by atoms with E-state index in [9.17, 15) is 4.79 Å². The SMILES string of the molecule is CN(CCC#N)C(=O)C1CCCC1N. The number of nitriles is 1. The summed E-state index contributed by atoms with van der Waals surface area (Å²) in [4.78, 5) is 13.4. The molecule has 0 aliphatic heterocycles. The van der Waals surface area contributed by atoms with Gasteiger partial charge in [-0.1, -0.05) is 6.42 Å². The molecule has 4 nitrogen and oxygen atoms in total. The van der Waals surface area contributed by atoms with Crippen molar-refractivity contribution in [3.8, 4) is 6.07 Å². The lowest BCUT2D eigenvalue weighted by Gasteiger charge is -2.22. The summed E-state index contributed by atoms with van der Waals surface area (Å²) in [6.45, 7) is 0.512. The zero-order chi connectivity index (χ0) is 10.6. The molecule has 1 amide bonds. The Morgan fingerprint density at radius 1 is 1.64 bits per heavy atom. The first-order chi connectivity index (χ1) is 6.66. The van der Waals surface area contributed by atoms with Crippen molar-refractivity contribution in [3.05, 3.63) is 0 Å². The molecule has 4 heteroatoms. The van der Waals surface area contributed by atoms with E-state index in [4.69, 9.17) is 11.0 Å². The van der Waals surface area contributed by atoms with Crippen LogP contribution in [0.1, 0.15) is 25.7 Å². The number of amides is 1. The van der Waals surface area contributed by atoms with E-state index in [0.717, 1.165) is 19.3 Å². The lowest BCUT2D eigenvalue weighted by atomic mass is 10.0. The Balaban J connectivity index is 2.44. The van der Waals surface area contributed by atoms with Crippen LogP contribution in [0.4, 0.5) is 0 Å². The van der Waals surface area contributed by atoms with Crippen molar-refractivity contribution >= 4 is 5.91 Å². The summed E-state index contributed by atoms with van der Waals surface area (Å²) in [5.41, 5.74) is 5.83. The largest absolute Gasteiger partial charge is 0.344 e. The predicted molar refractivity (Wildman–Crippen MR) is 53.2 cm³/mol. The van der Waals surface area contributed by atoms with Crippen molar-refractivity contribution in [2.75, 3.05) is 13.6 Å². The number of nitrogens with two attached hydrogens (primary N) is 1. The van der Waals surface area contributed by atoms with Crippen LogP contribution >= 0.6 is 0 Å². The van der Waals surface area contributed by atoms with Crippen LogP contribution in [0.2, 0.25) is 0 Å². The number of nitrogens with zero attached hydrogens (tertiary/aromatic N) is 2. The average molecular weight is 195 g/mol. The maximum Gasteiger partial charge on any atom is 0.227 e. The molecule has 0 radical (unpaired) electrons. The first kappa shape index (κ1) is 11.0. The molecule has 1 aliphatic carbocycles. The standard InChI is InChI=1S/C10H17N3O/c1-13(7-3-6-11)10(14)8-4-2-5-9(8)12/h8-9H,2-5,7,12H2,1H3. The fourth-order valence-corrected chi connectivity index (χ4v) is 1.91. The molecule has 0 aromatic heterocycles. The molecule has 2 unspecified atom stereocenters. The lowest BCUT2D eigenvalue weighted by molar-refractivity contribution is -0.134. The first-order valence-corrected chi connectivity index (χ1v) is 5.04. The number of hydrogen-bond acceptors (Lipinski definition) is 3. The third-order valence-electron chi connectivity index (χ3n) is 2.82. The van der Waals surface area contributed by atoms with Gasteiger partial charge in [0.2, 0.25) is 5.91 Å². The highest BCUT2D eigenvalue weighted by atomic mass is 16.2. The molecule has 0 aromatic carbocycles. The van der Waals surface area contributed by atoms with Crippen LogP contribution in [0.15, 0.2) is 0 Å². The molecule has 0 spiro atoms. The van der Waals surface area contributed by atoms with Crippen molar-refractivity contribution in [1.82, 2.24) is 4.90 Å². The van der Waals surface area contributed by atoms with Gasteiger partial charge >= 0.3 is 0 Å². The minimum Gasteiger partial charge on any atom is -0.344 e. The Bertz CT molecular complexity index is 246. The van der Waals surface area contributed by atoms with E-state index >= 15 is 0 Å². The normalized spacial score (nSPS) is 25.8. The van der Waals surface area contributed by atoms with Crippen LogP contribution in [0.3, 0.4) is 0 Å². The molecule has 0 aromatic rings. The lowest BCUT2D eigenvalue weighted by Crippen LogP contribution is -2.40. The molecular formula is C10H17N3O. The quantitative estimate of drug-likeness (QED) is 0.712. The van der Waals surface area contributed by atoms with Gasteiger partial charge in [0.1, 0.15) is 0 Å². The van der Waals surface area contributed by atoms with Gasteiger partial charge < -0.3 is 10.6 Å². The van der Waals surface area contributed by atoms with Gasteiger partial charge in [0.15, 0.2) is 0 Å². The van der Waals surface area contributed by atoms with Gasteiger partial charge in [-0.3, -0.25) is 4.79 Å². The average Bonchev–Trinajstić information content (AvgIpc) is 2.59. The second-order valence-electron chi connectivity index (χ2n) is 3.87. The van der Waals surface area contributed by atoms with E-state index in [1.54, 1.807) is 11.9 Å². The monoisotopic (exact) mass is 195 g/mol. The Kier molecular flexibility index (Phi) is 3.90. The molecule has 2 atom stereocenters. The van der Waals surface area contributed by atoms with E-state index < -0.39 is 0 Å². The summed E-state index contributed by atoms with van der Waals surface area (Å²) >= 11 is 0. The minimum atomic E-state index is -0.0151. The highest BCUT2D eigenvalue weighted by molar-refractivity contribution is 5.79. The summed E-state index contributed by atoms with van der Waals surface area (Å²) in [6.07, 6.45) is 3.28. The van der Waals surface area contributed by atoms with Gasteiger partial charge in [-0.2, -0.15) is 5.26 Å². The summed E-state index contributed by atoms with van der Waals surface area (Å²) in [6, 6.07) is 2.05. The maximum absolute atomic E-state index is 11.8. The molecule has 78 valence electrons. The fraction of sp³-hybridized carbons (Fsp3) is 0.800. The number of carbonyl (C=O) groups is 1. The van der Waals surface area contributed by atoms with Crippen molar-refractivity contribution < 1.29 is 4.79 Å². The van der Waals surface area contributed by atoms with Crippen molar-refractivity contribution in [1.29, 1.82) is 5.26 Å². The first-order valence-electron chi connectivity index (χ1n) is 5.04. The molecule has 1 rings (SSSR count). The van der Waals surface area contributed by atoms with Gasteiger partial charge in [0.25, 0.3) is 0 Å². The zero-order valence-corrected chi connectivity index (χ0v) is 8.57.